The van der Waals surface area contributed by atoms with Gasteiger partial charge in [0, 0.05) is 6.07 Å². The van der Waals surface area contributed by atoms with Crippen LogP contribution in [0.1, 0.15) is 80.6 Å². The number of aliphatic hydroxyl groups excluding tert-OH is 1. The zero-order chi connectivity index (χ0) is 28.9. The summed E-state index contributed by atoms with van der Waals surface area (Å²) in [5.74, 6) is 1.46. The Kier molecular flexibility index (Phi) is 7.50. The van der Waals surface area contributed by atoms with E-state index in [0.717, 1.165) is 33.8 Å². The lowest BCUT2D eigenvalue weighted by atomic mass is 9.80. The van der Waals surface area contributed by atoms with E-state index in [1.54, 1.807) is 6.08 Å². The lowest BCUT2D eigenvalue weighted by Crippen LogP contribution is -2.24. The predicted octanol–water partition coefficient (Wildman–Crippen LogP) is 10.2. The van der Waals surface area contributed by atoms with E-state index in [9.17, 15) is 9.90 Å². The average Bonchev–Trinajstić information content (AvgIpc) is 2.86. The van der Waals surface area contributed by atoms with Crippen LogP contribution in [0.25, 0.3) is 17.4 Å². The van der Waals surface area contributed by atoms with Gasteiger partial charge in [-0.3, -0.25) is 4.79 Å². The maximum atomic E-state index is 13.5. The Morgan fingerprint density at radius 2 is 1.41 bits per heavy atom. The number of ketones is 1. The quantitative estimate of drug-likeness (QED) is 0.310. The summed E-state index contributed by atoms with van der Waals surface area (Å²) in [6, 6.07) is 13.8. The monoisotopic (exact) mass is 541 g/mol. The van der Waals surface area contributed by atoms with E-state index in [0.29, 0.717) is 11.1 Å². The zero-order valence-corrected chi connectivity index (χ0v) is 25.8. The van der Waals surface area contributed by atoms with Crippen molar-refractivity contribution in [2.75, 3.05) is 0 Å². The van der Waals surface area contributed by atoms with E-state index in [2.05, 4.69) is 74.5 Å². The minimum atomic E-state index is -0.223. The minimum Gasteiger partial charge on any atom is -0.506 e. The normalized spacial score (nSPS) is 17.7. The first-order chi connectivity index (χ1) is 18.0. The van der Waals surface area contributed by atoms with Gasteiger partial charge in [-0.15, -0.1) is 0 Å². The van der Waals surface area contributed by atoms with Crippen molar-refractivity contribution in [2.45, 2.75) is 74.7 Å². The minimum absolute atomic E-state index is 0.0222. The third-order valence-corrected chi connectivity index (χ3v) is 8.87. The summed E-state index contributed by atoms with van der Waals surface area (Å²) < 4.78 is 6.26. The van der Waals surface area contributed by atoms with E-state index in [1.165, 1.54) is 9.81 Å². The van der Waals surface area contributed by atoms with Crippen LogP contribution in [0.5, 0.6) is 0 Å². The molecular formula is C35H41O3S+. The molecule has 0 unspecified atom stereocenters. The molecule has 0 bridgehead atoms. The lowest BCUT2D eigenvalue weighted by molar-refractivity contribution is -0.113. The summed E-state index contributed by atoms with van der Waals surface area (Å²) >= 11 is 1.81. The van der Waals surface area contributed by atoms with Crippen LogP contribution in [-0.4, -0.2) is 10.9 Å². The average molecular weight is 542 g/mol. The van der Waals surface area contributed by atoms with Crippen molar-refractivity contribution in [1.82, 2.24) is 0 Å². The van der Waals surface area contributed by atoms with Crippen LogP contribution in [-0.2, 0) is 10.2 Å². The Morgan fingerprint density at radius 3 is 1.90 bits per heavy atom. The largest absolute Gasteiger partial charge is 0.506 e. The van der Waals surface area contributed by atoms with Gasteiger partial charge in [-0.25, -0.2) is 4.42 Å². The van der Waals surface area contributed by atoms with Crippen LogP contribution in [0.4, 0.5) is 0 Å². The van der Waals surface area contributed by atoms with Crippen molar-refractivity contribution in [1.29, 1.82) is 0 Å². The highest BCUT2D eigenvalue weighted by Crippen LogP contribution is 2.50. The van der Waals surface area contributed by atoms with Crippen molar-refractivity contribution >= 4 is 23.6 Å². The Hall–Kier alpha value is -3.11. The predicted molar refractivity (Wildman–Crippen MR) is 165 cm³/mol. The van der Waals surface area contributed by atoms with E-state index < -0.39 is 0 Å². The number of thioether (sulfide) groups is 1. The fourth-order valence-corrected chi connectivity index (χ4v) is 5.61. The summed E-state index contributed by atoms with van der Waals surface area (Å²) in [4.78, 5) is 16.0. The molecule has 1 aromatic carbocycles. The molecule has 204 valence electrons. The fourth-order valence-electron chi connectivity index (χ4n) is 4.39. The van der Waals surface area contributed by atoms with Crippen molar-refractivity contribution in [2.24, 2.45) is 10.8 Å². The number of rotatable bonds is 3. The maximum Gasteiger partial charge on any atom is 0.360 e. The number of Topliss-reactive ketones (excluding diaryl/α,β-unsaturated/α-hetero) is 1. The van der Waals surface area contributed by atoms with Gasteiger partial charge < -0.3 is 5.11 Å². The molecule has 0 atom stereocenters. The Labute approximate surface area is 238 Å². The van der Waals surface area contributed by atoms with Gasteiger partial charge in [0.1, 0.15) is 5.76 Å². The van der Waals surface area contributed by atoms with Crippen LogP contribution >= 0.6 is 11.8 Å². The molecular weight excluding hydrogens is 500 g/mol. The molecule has 0 fully saturated rings. The second-order valence-electron chi connectivity index (χ2n) is 13.5. The number of benzene rings is 1. The van der Waals surface area contributed by atoms with Crippen LogP contribution < -0.4 is 0 Å². The van der Waals surface area contributed by atoms with Crippen LogP contribution in [0.15, 0.2) is 96.9 Å². The summed E-state index contributed by atoms with van der Waals surface area (Å²) in [7, 11) is 0. The van der Waals surface area contributed by atoms with Gasteiger partial charge in [-0.2, -0.15) is 0 Å². The second-order valence-corrected chi connectivity index (χ2v) is 14.6. The molecule has 0 spiro atoms. The summed E-state index contributed by atoms with van der Waals surface area (Å²) in [6.45, 7) is 21.5. The highest BCUT2D eigenvalue weighted by atomic mass is 32.2. The van der Waals surface area contributed by atoms with Crippen LogP contribution in [0, 0.1) is 10.8 Å². The SMILES string of the molecule is CC(=C1C=C(C(C)(C)C)SC(C(C)(C)C)=C1)C1=C(O)C(=Cc2cc(-c3ccccc3)[o+]c(C(C)(C)C)c2)C1=O. The van der Waals surface area contributed by atoms with Gasteiger partial charge in [-0.05, 0) is 95.4 Å². The van der Waals surface area contributed by atoms with Crippen molar-refractivity contribution in [3.05, 3.63) is 104 Å². The number of hydrogen-bond donors (Lipinski definition) is 1. The molecule has 4 heteroatoms. The summed E-state index contributed by atoms with van der Waals surface area (Å²) in [5.41, 5.74) is 4.04. The molecule has 1 aliphatic carbocycles. The van der Waals surface area contributed by atoms with E-state index >= 15 is 0 Å². The van der Waals surface area contributed by atoms with Crippen molar-refractivity contribution in [3.63, 3.8) is 0 Å². The molecule has 4 rings (SSSR count). The lowest BCUT2D eigenvalue weighted by Gasteiger charge is -2.33. The molecule has 3 nitrogen and oxygen atoms in total. The Morgan fingerprint density at radius 1 is 0.846 bits per heavy atom. The van der Waals surface area contributed by atoms with Gasteiger partial charge in [0.2, 0.25) is 5.78 Å². The molecule has 1 aliphatic heterocycles. The summed E-state index contributed by atoms with van der Waals surface area (Å²) in [5, 5.41) is 11.2. The second kappa shape index (κ2) is 10.1. The van der Waals surface area contributed by atoms with E-state index in [4.69, 9.17) is 4.42 Å². The molecule has 39 heavy (non-hydrogen) atoms. The van der Waals surface area contributed by atoms with Gasteiger partial charge in [0.05, 0.1) is 28.2 Å². The number of allylic oxidation sites excluding steroid dienone is 8. The topological polar surface area (TPSA) is 48.6 Å². The standard InChI is InChI=1S/C35H40O3S/c1-21(24-19-28(34(5,6)7)39-29(20-24)35(8,9)10)30-31(36)25(32(30)37)16-22-17-26(23-14-12-11-13-15-23)38-27(18-22)33(2,3)4/h11-20H,1-10H3/p+1. The maximum absolute atomic E-state index is 13.5. The molecule has 0 saturated carbocycles. The molecule has 2 aliphatic rings. The smallest absolute Gasteiger partial charge is 0.360 e. The number of carbonyl (C=O) groups is 1. The van der Waals surface area contributed by atoms with Crippen LogP contribution in [0.3, 0.4) is 0 Å². The molecule has 0 saturated heterocycles. The molecule has 0 radical (unpaired) electrons. The van der Waals surface area contributed by atoms with Crippen molar-refractivity contribution < 1.29 is 14.3 Å². The molecule has 0 amide bonds. The molecule has 2 aromatic rings. The Balaban J connectivity index is 1.81. The van der Waals surface area contributed by atoms with E-state index in [1.807, 2.05) is 61.2 Å². The molecule has 1 N–H and O–H groups in total. The van der Waals surface area contributed by atoms with Gasteiger partial charge in [0.25, 0.3) is 0 Å². The van der Waals surface area contributed by atoms with Gasteiger partial charge in [0.15, 0.2) is 0 Å². The number of aliphatic hydroxyl groups is 1. The number of hydrogen-bond acceptors (Lipinski definition) is 3. The van der Waals surface area contributed by atoms with E-state index in [-0.39, 0.29) is 27.8 Å². The highest BCUT2D eigenvalue weighted by Gasteiger charge is 2.37. The third kappa shape index (κ3) is 6.06. The first-order valence-electron chi connectivity index (χ1n) is 13.5. The zero-order valence-electron chi connectivity index (χ0n) is 24.9. The van der Waals surface area contributed by atoms with Gasteiger partial charge in [-0.1, -0.05) is 71.5 Å². The number of carbonyl (C=O) groups excluding carboxylic acids is 1. The van der Waals surface area contributed by atoms with Crippen LogP contribution in [0.2, 0.25) is 0 Å². The Bertz CT molecular complexity index is 1440. The third-order valence-electron chi connectivity index (χ3n) is 6.97. The van der Waals surface area contributed by atoms with Gasteiger partial charge >= 0.3 is 11.5 Å². The molecule has 2 heterocycles. The molecule has 1 aromatic heterocycles. The summed E-state index contributed by atoms with van der Waals surface area (Å²) in [6.07, 6.45) is 6.12. The fraction of sp³-hybridized carbons (Fsp3) is 0.371. The first-order valence-corrected chi connectivity index (χ1v) is 14.4. The first kappa shape index (κ1) is 28.9. The highest BCUT2D eigenvalue weighted by molar-refractivity contribution is 8.06. The van der Waals surface area contributed by atoms with Crippen molar-refractivity contribution in [3.8, 4) is 11.3 Å².